The normalized spacial score (nSPS) is 10.9. The van der Waals surface area contributed by atoms with Gasteiger partial charge in [-0.1, -0.05) is 12.1 Å². The first-order chi connectivity index (χ1) is 7.22. The summed E-state index contributed by atoms with van der Waals surface area (Å²) in [4.78, 5) is 2.24. The van der Waals surface area contributed by atoms with Crippen molar-refractivity contribution in [2.45, 2.75) is 6.42 Å². The molecule has 0 aliphatic rings. The first-order valence-corrected chi connectivity index (χ1v) is 5.30. The lowest BCUT2D eigenvalue weighted by Gasteiger charge is -2.15. The van der Waals surface area contributed by atoms with Crippen LogP contribution in [0.25, 0.3) is 0 Å². The average molecular weight is 210 g/mol. The summed E-state index contributed by atoms with van der Waals surface area (Å²) in [6.45, 7) is 2.97. The molecule has 2 nitrogen and oxygen atoms in total. The van der Waals surface area contributed by atoms with Gasteiger partial charge in [-0.25, -0.2) is 4.39 Å². The minimum Gasteiger partial charge on any atom is -0.318 e. The number of nitrogens with zero attached hydrogens (tertiary/aromatic N) is 1. The Bertz CT molecular complexity index is 289. The second-order valence-corrected chi connectivity index (χ2v) is 3.79. The molecule has 84 valence electrons. The van der Waals surface area contributed by atoms with Crippen LogP contribution in [0.1, 0.15) is 5.56 Å². The largest absolute Gasteiger partial charge is 0.318 e. The third-order valence-corrected chi connectivity index (χ3v) is 2.41. The van der Waals surface area contributed by atoms with Crippen molar-refractivity contribution >= 4 is 0 Å². The van der Waals surface area contributed by atoms with E-state index in [2.05, 4.69) is 17.3 Å². The number of nitrogens with one attached hydrogen (secondary N) is 1. The van der Waals surface area contributed by atoms with E-state index < -0.39 is 0 Å². The maximum Gasteiger partial charge on any atom is 0.123 e. The van der Waals surface area contributed by atoms with Crippen LogP contribution >= 0.6 is 0 Å². The second-order valence-electron chi connectivity index (χ2n) is 3.79. The van der Waals surface area contributed by atoms with E-state index in [9.17, 15) is 4.39 Å². The van der Waals surface area contributed by atoms with Gasteiger partial charge in [-0.3, -0.25) is 0 Å². The van der Waals surface area contributed by atoms with Crippen LogP contribution in [0.2, 0.25) is 0 Å². The smallest absolute Gasteiger partial charge is 0.123 e. The molecule has 0 radical (unpaired) electrons. The van der Waals surface area contributed by atoms with E-state index in [1.165, 1.54) is 6.07 Å². The second kappa shape index (κ2) is 6.53. The molecular weight excluding hydrogens is 191 g/mol. The summed E-state index contributed by atoms with van der Waals surface area (Å²) in [5, 5.41) is 3.10. The maximum atomic E-state index is 12.9. The van der Waals surface area contributed by atoms with Crippen LogP contribution < -0.4 is 5.32 Å². The highest BCUT2D eigenvalue weighted by Gasteiger charge is 1.99. The minimum atomic E-state index is -0.148. The maximum absolute atomic E-state index is 12.9. The van der Waals surface area contributed by atoms with E-state index in [1.54, 1.807) is 12.1 Å². The van der Waals surface area contributed by atoms with Gasteiger partial charge >= 0.3 is 0 Å². The SMILES string of the molecule is CNCCN(C)CCc1cccc(F)c1. The van der Waals surface area contributed by atoms with Crippen LogP contribution in [0, 0.1) is 5.82 Å². The summed E-state index contributed by atoms with van der Waals surface area (Å²) in [6.07, 6.45) is 0.901. The van der Waals surface area contributed by atoms with E-state index in [0.29, 0.717) is 0 Å². The molecule has 0 fully saturated rings. The number of likely N-dealkylation sites (N-methyl/N-ethyl adjacent to an activating group) is 2. The molecule has 1 N–H and O–H groups in total. The number of rotatable bonds is 6. The van der Waals surface area contributed by atoms with Crippen molar-refractivity contribution in [2.75, 3.05) is 33.7 Å². The van der Waals surface area contributed by atoms with Gasteiger partial charge in [-0.05, 0) is 38.2 Å². The fraction of sp³-hybridized carbons (Fsp3) is 0.500. The first-order valence-electron chi connectivity index (χ1n) is 5.30. The van der Waals surface area contributed by atoms with Gasteiger partial charge in [0, 0.05) is 19.6 Å². The molecule has 0 spiro atoms. The van der Waals surface area contributed by atoms with E-state index in [-0.39, 0.29) is 5.82 Å². The molecule has 0 atom stereocenters. The molecule has 3 heteroatoms. The number of benzene rings is 1. The van der Waals surface area contributed by atoms with Gasteiger partial charge < -0.3 is 10.2 Å². The monoisotopic (exact) mass is 210 g/mol. The molecule has 0 aliphatic carbocycles. The van der Waals surface area contributed by atoms with Crippen LogP contribution in [0.3, 0.4) is 0 Å². The highest BCUT2D eigenvalue weighted by atomic mass is 19.1. The van der Waals surface area contributed by atoms with Gasteiger partial charge in [0.15, 0.2) is 0 Å². The topological polar surface area (TPSA) is 15.3 Å². The average Bonchev–Trinajstić information content (AvgIpc) is 2.23. The van der Waals surface area contributed by atoms with Crippen LogP contribution in [-0.4, -0.2) is 38.6 Å². The van der Waals surface area contributed by atoms with Gasteiger partial charge in [0.2, 0.25) is 0 Å². The molecule has 0 heterocycles. The lowest BCUT2D eigenvalue weighted by Crippen LogP contribution is -2.29. The van der Waals surface area contributed by atoms with E-state index in [0.717, 1.165) is 31.6 Å². The van der Waals surface area contributed by atoms with Crippen LogP contribution in [-0.2, 0) is 6.42 Å². The molecule has 0 saturated heterocycles. The molecule has 1 rings (SSSR count). The summed E-state index contributed by atoms with van der Waals surface area (Å²) >= 11 is 0. The van der Waals surface area contributed by atoms with Gasteiger partial charge in [0.25, 0.3) is 0 Å². The molecule has 0 bridgehead atoms. The fourth-order valence-corrected chi connectivity index (χ4v) is 1.43. The molecule has 0 aliphatic heterocycles. The fourth-order valence-electron chi connectivity index (χ4n) is 1.43. The van der Waals surface area contributed by atoms with Gasteiger partial charge in [-0.15, -0.1) is 0 Å². The summed E-state index contributed by atoms with van der Waals surface area (Å²) in [6, 6.07) is 6.81. The van der Waals surface area contributed by atoms with Crippen molar-refractivity contribution in [2.24, 2.45) is 0 Å². The third kappa shape index (κ3) is 4.91. The first kappa shape index (κ1) is 12.1. The Labute approximate surface area is 91.1 Å². The van der Waals surface area contributed by atoms with E-state index in [4.69, 9.17) is 0 Å². The Morgan fingerprint density at radius 2 is 2.13 bits per heavy atom. The Balaban J connectivity index is 2.30. The minimum absolute atomic E-state index is 0.148. The highest BCUT2D eigenvalue weighted by molar-refractivity contribution is 5.16. The Hall–Kier alpha value is -0.930. The molecule has 0 unspecified atom stereocenters. The Kier molecular flexibility index (Phi) is 5.29. The lowest BCUT2D eigenvalue weighted by molar-refractivity contribution is 0.339. The van der Waals surface area contributed by atoms with E-state index >= 15 is 0 Å². The van der Waals surface area contributed by atoms with Crippen LogP contribution in [0.15, 0.2) is 24.3 Å². The standard InChI is InChI=1S/C12H19FN2/c1-14-7-9-15(2)8-6-11-4-3-5-12(13)10-11/h3-5,10,14H,6-9H2,1-2H3. The van der Waals surface area contributed by atoms with Crippen LogP contribution in [0.5, 0.6) is 0 Å². The Morgan fingerprint density at radius 1 is 1.33 bits per heavy atom. The summed E-state index contributed by atoms with van der Waals surface area (Å²) in [7, 11) is 4.02. The van der Waals surface area contributed by atoms with Crippen molar-refractivity contribution in [3.63, 3.8) is 0 Å². The molecule has 1 aromatic rings. The van der Waals surface area contributed by atoms with Crippen molar-refractivity contribution in [1.82, 2.24) is 10.2 Å². The number of hydrogen-bond acceptors (Lipinski definition) is 2. The third-order valence-electron chi connectivity index (χ3n) is 2.41. The summed E-state index contributed by atoms with van der Waals surface area (Å²) in [5.41, 5.74) is 1.06. The zero-order valence-electron chi connectivity index (χ0n) is 9.46. The van der Waals surface area contributed by atoms with Gasteiger partial charge in [-0.2, -0.15) is 0 Å². The molecule has 1 aromatic carbocycles. The molecular formula is C12H19FN2. The number of hydrogen-bond donors (Lipinski definition) is 1. The molecule has 0 saturated carbocycles. The predicted octanol–water partition coefficient (Wildman–Crippen LogP) is 1.52. The predicted molar refractivity (Wildman–Crippen MR) is 61.5 cm³/mol. The van der Waals surface area contributed by atoms with Crippen LogP contribution in [0.4, 0.5) is 4.39 Å². The van der Waals surface area contributed by atoms with Gasteiger partial charge in [0.1, 0.15) is 5.82 Å². The summed E-state index contributed by atoms with van der Waals surface area (Å²) in [5.74, 6) is -0.148. The zero-order valence-corrected chi connectivity index (χ0v) is 9.46. The van der Waals surface area contributed by atoms with Crippen molar-refractivity contribution < 1.29 is 4.39 Å². The van der Waals surface area contributed by atoms with Gasteiger partial charge in [0.05, 0.1) is 0 Å². The molecule has 0 aromatic heterocycles. The zero-order chi connectivity index (χ0) is 11.1. The quantitative estimate of drug-likeness (QED) is 0.766. The number of halogens is 1. The lowest BCUT2D eigenvalue weighted by atomic mass is 10.1. The Morgan fingerprint density at radius 3 is 2.80 bits per heavy atom. The molecule has 15 heavy (non-hydrogen) atoms. The van der Waals surface area contributed by atoms with E-state index in [1.807, 2.05) is 13.1 Å². The van der Waals surface area contributed by atoms with Crippen molar-refractivity contribution in [3.8, 4) is 0 Å². The highest BCUT2D eigenvalue weighted by Crippen LogP contribution is 2.04. The summed E-state index contributed by atoms with van der Waals surface area (Å²) < 4.78 is 12.9. The van der Waals surface area contributed by atoms with Crippen molar-refractivity contribution in [1.29, 1.82) is 0 Å². The molecule has 0 amide bonds. The van der Waals surface area contributed by atoms with Crippen molar-refractivity contribution in [3.05, 3.63) is 35.6 Å².